The second kappa shape index (κ2) is 24.9. The van der Waals surface area contributed by atoms with E-state index in [4.69, 9.17) is 0 Å². The number of fused-ring (bicyclic) bond motifs is 2. The van der Waals surface area contributed by atoms with Crippen LogP contribution >= 0.6 is 0 Å². The summed E-state index contributed by atoms with van der Waals surface area (Å²) in [4.78, 5) is 97.2. The van der Waals surface area contributed by atoms with E-state index in [1.807, 2.05) is 103 Å². The number of unbranched alkanes of at least 4 members (excludes halogenated alkanes) is 1. The summed E-state index contributed by atoms with van der Waals surface area (Å²) in [7, 11) is 3.26. The van der Waals surface area contributed by atoms with Gasteiger partial charge in [0.15, 0.2) is 0 Å². The fraction of sp³-hybridized carbons (Fsp3) is 0.482. The van der Waals surface area contributed by atoms with Gasteiger partial charge >= 0.3 is 5.97 Å². The van der Waals surface area contributed by atoms with Crippen molar-refractivity contribution in [1.82, 2.24) is 26.2 Å². The van der Waals surface area contributed by atoms with Crippen molar-refractivity contribution in [3.05, 3.63) is 107 Å². The molecule has 0 aliphatic carbocycles. The summed E-state index contributed by atoms with van der Waals surface area (Å²) in [5.74, 6) is 2.70. The molecule has 3 aromatic rings. The van der Waals surface area contributed by atoms with Crippen molar-refractivity contribution in [3.8, 4) is 11.8 Å². The second-order valence-electron chi connectivity index (χ2n) is 20.8. The molecule has 6 amide bonds. The SMILES string of the molecule is CNC(C(=O)N[C@H](C(=O)N(C)[C@H](/C=C(\C)C(=O)O)C(C)C)C(C)(C)C)C(C)(C)c1cccc(NC(=O)[C@H](C)NC(=O)[C@@H](NC(=O)CCCCC(=O)N2Cc3ccccc3C#Cc3ccccc32)C(C)C)c1. The van der Waals surface area contributed by atoms with Crippen molar-refractivity contribution in [1.29, 1.82) is 0 Å². The maximum Gasteiger partial charge on any atom is 0.331 e. The molecule has 0 bridgehead atoms. The minimum absolute atomic E-state index is 0.0753. The number of carbonyl (C=O) groups excluding carboxylic acids is 6. The van der Waals surface area contributed by atoms with Crippen molar-refractivity contribution in [2.75, 3.05) is 24.3 Å². The van der Waals surface area contributed by atoms with Gasteiger partial charge in [-0.15, -0.1) is 0 Å². The molecule has 15 heteroatoms. The van der Waals surface area contributed by atoms with Crippen molar-refractivity contribution in [3.63, 3.8) is 0 Å². The Labute approximate surface area is 420 Å². The van der Waals surface area contributed by atoms with Crippen LogP contribution in [-0.4, -0.2) is 95.7 Å². The number of aliphatic carboxylic acids is 1. The molecule has 0 saturated heterocycles. The number of nitrogens with one attached hydrogen (secondary N) is 5. The zero-order chi connectivity index (χ0) is 53.0. The standard InChI is InChI=1S/C56H75N7O8/c1-34(2)44(31-36(5)54(70)71)62(13)53(69)49(55(7,8)9)61-52(68)48(57-12)56(10,11)41-24-20-25-42(32-41)59-50(66)37(6)58-51(67)47(35(3)4)60-45(64)27-18-19-28-46(65)63-33-40-23-15-14-21-38(40)29-30-39-22-16-17-26-43(39)63/h14-17,20-26,31-32,34-35,37,44,47-49,57H,18-19,27-28,33H2,1-13H3,(H,58,67)(H,59,66)(H,60,64)(H,61,68)(H,70,71)/b36-31+/t37-,44+,47-,48?,49+/m0/s1. The number of hydrogen-bond acceptors (Lipinski definition) is 8. The van der Waals surface area contributed by atoms with Gasteiger partial charge in [-0.25, -0.2) is 4.79 Å². The van der Waals surface area contributed by atoms with E-state index in [1.165, 1.54) is 11.8 Å². The van der Waals surface area contributed by atoms with Crippen LogP contribution in [0.1, 0.15) is 124 Å². The van der Waals surface area contributed by atoms with Crippen molar-refractivity contribution >= 4 is 52.8 Å². The van der Waals surface area contributed by atoms with Crippen LogP contribution in [0, 0.1) is 29.1 Å². The summed E-state index contributed by atoms with van der Waals surface area (Å²) in [6, 6.07) is 18.1. The van der Waals surface area contributed by atoms with Gasteiger partial charge in [0.25, 0.3) is 0 Å². The highest BCUT2D eigenvalue weighted by Gasteiger charge is 2.42. The monoisotopic (exact) mass is 974 g/mol. The van der Waals surface area contributed by atoms with Crippen molar-refractivity contribution < 1.29 is 38.7 Å². The number of benzene rings is 3. The van der Waals surface area contributed by atoms with E-state index < -0.39 is 64.7 Å². The smallest absolute Gasteiger partial charge is 0.331 e. The van der Waals surface area contributed by atoms with Crippen LogP contribution in [0.5, 0.6) is 0 Å². The van der Waals surface area contributed by atoms with Gasteiger partial charge in [0.05, 0.1) is 24.3 Å². The largest absolute Gasteiger partial charge is 0.478 e. The number of carboxylic acids is 1. The Morgan fingerprint density at radius 1 is 0.746 bits per heavy atom. The average molecular weight is 974 g/mol. The molecule has 1 unspecified atom stereocenters. The minimum Gasteiger partial charge on any atom is -0.478 e. The van der Waals surface area contributed by atoms with Gasteiger partial charge in [-0.2, -0.15) is 0 Å². The maximum absolute atomic E-state index is 14.2. The van der Waals surface area contributed by atoms with Gasteiger partial charge in [0, 0.05) is 47.7 Å². The zero-order valence-corrected chi connectivity index (χ0v) is 43.8. The van der Waals surface area contributed by atoms with Crippen LogP contribution in [0.25, 0.3) is 0 Å². The molecule has 4 rings (SSSR count). The molecule has 1 heterocycles. The number of rotatable bonds is 21. The maximum atomic E-state index is 14.2. The number of para-hydroxylation sites is 1. The van der Waals surface area contributed by atoms with Gasteiger partial charge < -0.3 is 41.5 Å². The fourth-order valence-corrected chi connectivity index (χ4v) is 8.59. The lowest BCUT2D eigenvalue weighted by Gasteiger charge is -2.40. The first kappa shape index (κ1) is 56.8. The first-order chi connectivity index (χ1) is 33.3. The first-order valence-corrected chi connectivity index (χ1v) is 24.4. The lowest BCUT2D eigenvalue weighted by atomic mass is 9.76. The third-order valence-electron chi connectivity index (χ3n) is 13.0. The number of nitrogens with zero attached hydrogens (tertiary/aromatic N) is 2. The molecular formula is C56H75N7O8. The quantitative estimate of drug-likeness (QED) is 0.0382. The molecule has 71 heavy (non-hydrogen) atoms. The number of anilines is 2. The van der Waals surface area contributed by atoms with E-state index in [-0.39, 0.29) is 48.0 Å². The highest BCUT2D eigenvalue weighted by Crippen LogP contribution is 2.31. The molecule has 15 nitrogen and oxygen atoms in total. The lowest BCUT2D eigenvalue weighted by molar-refractivity contribution is -0.141. The van der Waals surface area contributed by atoms with E-state index >= 15 is 0 Å². The highest BCUT2D eigenvalue weighted by molar-refractivity contribution is 5.99. The minimum atomic E-state index is -1.08. The summed E-state index contributed by atoms with van der Waals surface area (Å²) < 4.78 is 0. The fourth-order valence-electron chi connectivity index (χ4n) is 8.59. The predicted molar refractivity (Wildman–Crippen MR) is 278 cm³/mol. The second-order valence-corrected chi connectivity index (χ2v) is 20.8. The molecule has 0 saturated carbocycles. The van der Waals surface area contributed by atoms with Gasteiger partial charge in [0.1, 0.15) is 18.1 Å². The lowest BCUT2D eigenvalue weighted by Crippen LogP contribution is -2.61. The Morgan fingerprint density at radius 3 is 1.99 bits per heavy atom. The molecule has 382 valence electrons. The number of likely N-dealkylation sites (N-methyl/N-ethyl adjacent to an activating group) is 2. The summed E-state index contributed by atoms with van der Waals surface area (Å²) in [6.45, 7) is 20.1. The highest BCUT2D eigenvalue weighted by atomic mass is 16.4. The molecule has 3 aromatic carbocycles. The van der Waals surface area contributed by atoms with E-state index in [9.17, 15) is 38.7 Å². The topological polar surface area (TPSA) is 206 Å². The predicted octanol–water partition coefficient (Wildman–Crippen LogP) is 6.69. The third-order valence-corrected chi connectivity index (χ3v) is 13.0. The van der Waals surface area contributed by atoms with Crippen LogP contribution in [0.15, 0.2) is 84.4 Å². The summed E-state index contributed by atoms with van der Waals surface area (Å²) in [6.07, 6.45) is 2.76. The third kappa shape index (κ3) is 15.1. The number of carbonyl (C=O) groups is 7. The van der Waals surface area contributed by atoms with E-state index in [2.05, 4.69) is 38.4 Å². The summed E-state index contributed by atoms with van der Waals surface area (Å²) in [5.41, 5.74) is 2.96. The molecule has 1 aliphatic rings. The Balaban J connectivity index is 1.35. The van der Waals surface area contributed by atoms with Crippen molar-refractivity contribution in [2.45, 2.75) is 144 Å². The van der Waals surface area contributed by atoms with Crippen molar-refractivity contribution in [2.24, 2.45) is 17.3 Å². The van der Waals surface area contributed by atoms with Gasteiger partial charge in [-0.1, -0.05) is 123 Å². The Bertz CT molecular complexity index is 2530. The van der Waals surface area contributed by atoms with Crippen LogP contribution in [-0.2, 0) is 45.5 Å². The van der Waals surface area contributed by atoms with E-state index in [1.54, 1.807) is 64.0 Å². The molecule has 0 radical (unpaired) electrons. The van der Waals surface area contributed by atoms with E-state index in [0.29, 0.717) is 30.6 Å². The van der Waals surface area contributed by atoms with Crippen LogP contribution in [0.2, 0.25) is 0 Å². The normalized spacial score (nSPS) is 14.7. The zero-order valence-electron chi connectivity index (χ0n) is 43.8. The molecule has 1 aliphatic heterocycles. The molecule has 0 fully saturated rings. The number of carboxylic acid groups (broad SMARTS) is 1. The van der Waals surface area contributed by atoms with Crippen LogP contribution < -0.4 is 31.5 Å². The molecular weight excluding hydrogens is 899 g/mol. The van der Waals surface area contributed by atoms with Gasteiger partial charge in [-0.3, -0.25) is 28.8 Å². The average Bonchev–Trinajstić information content (AvgIpc) is 3.30. The molecule has 6 N–H and O–H groups in total. The van der Waals surface area contributed by atoms with Crippen LogP contribution in [0.3, 0.4) is 0 Å². The Kier molecular flexibility index (Phi) is 19.9. The Morgan fingerprint density at radius 2 is 1.37 bits per heavy atom. The first-order valence-electron chi connectivity index (χ1n) is 24.4. The number of amides is 6. The summed E-state index contributed by atoms with van der Waals surface area (Å²) >= 11 is 0. The molecule has 0 spiro atoms. The van der Waals surface area contributed by atoms with Gasteiger partial charge in [0.2, 0.25) is 35.4 Å². The van der Waals surface area contributed by atoms with E-state index in [0.717, 1.165) is 22.4 Å². The summed E-state index contributed by atoms with van der Waals surface area (Å²) in [5, 5.41) is 24.1. The number of hydrogen-bond donors (Lipinski definition) is 6. The Hall–Kier alpha value is -6.79. The van der Waals surface area contributed by atoms with Gasteiger partial charge in [-0.05, 0) is 92.4 Å². The molecule has 5 atom stereocenters. The molecule has 0 aromatic heterocycles. The van der Waals surface area contributed by atoms with Crippen LogP contribution in [0.4, 0.5) is 11.4 Å².